The van der Waals surface area contributed by atoms with Gasteiger partial charge in [-0.2, -0.15) is 13.2 Å². The Hall–Kier alpha value is -2.06. The van der Waals surface area contributed by atoms with Gasteiger partial charge in [0, 0.05) is 38.6 Å². The molecule has 1 fully saturated rings. The number of rotatable bonds is 0. The normalized spacial score (nSPS) is 16.6. The van der Waals surface area contributed by atoms with Gasteiger partial charge in [0.1, 0.15) is 6.33 Å². The highest BCUT2D eigenvalue weighted by atomic mass is 19.4. The summed E-state index contributed by atoms with van der Waals surface area (Å²) in [6.07, 6.45) is -0.664. The average molecular weight is 276 g/mol. The number of hydrogen-bond acceptors (Lipinski definition) is 3. The van der Waals surface area contributed by atoms with Crippen LogP contribution < -0.4 is 0 Å². The second kappa shape index (κ2) is 4.90. The summed E-state index contributed by atoms with van der Waals surface area (Å²) >= 11 is 0. The maximum atomic E-state index is 12.2. The van der Waals surface area contributed by atoms with Gasteiger partial charge in [-0.25, -0.2) is 9.78 Å². The van der Waals surface area contributed by atoms with Gasteiger partial charge in [0.05, 0.1) is 0 Å². The number of halogens is 3. The van der Waals surface area contributed by atoms with E-state index < -0.39 is 12.1 Å². The zero-order chi connectivity index (χ0) is 14.0. The topological polar surface area (TPSA) is 58.4 Å². The number of piperazine rings is 1. The number of imidazole rings is 1. The van der Waals surface area contributed by atoms with Crippen molar-refractivity contribution in [2.45, 2.75) is 6.18 Å². The average Bonchev–Trinajstić information content (AvgIpc) is 2.90. The number of carbonyl (C=O) groups is 2. The summed E-state index contributed by atoms with van der Waals surface area (Å²) in [4.78, 5) is 28.7. The molecule has 0 aromatic carbocycles. The minimum absolute atomic E-state index is 0.0683. The molecule has 0 spiro atoms. The van der Waals surface area contributed by atoms with E-state index in [1.807, 2.05) is 0 Å². The van der Waals surface area contributed by atoms with Crippen LogP contribution >= 0.6 is 0 Å². The van der Waals surface area contributed by atoms with Crippen molar-refractivity contribution in [3.8, 4) is 0 Å². The summed E-state index contributed by atoms with van der Waals surface area (Å²) < 4.78 is 37.9. The van der Waals surface area contributed by atoms with Gasteiger partial charge in [0.25, 0.3) is 0 Å². The minimum Gasteiger partial charge on any atom is -0.331 e. The van der Waals surface area contributed by atoms with Crippen molar-refractivity contribution in [2.75, 3.05) is 26.2 Å². The molecule has 1 aromatic heterocycles. The lowest BCUT2D eigenvalue weighted by Crippen LogP contribution is -2.54. The van der Waals surface area contributed by atoms with Crippen LogP contribution in [-0.4, -0.2) is 63.6 Å². The molecule has 6 nitrogen and oxygen atoms in total. The third-order valence-electron chi connectivity index (χ3n) is 2.81. The monoisotopic (exact) mass is 276 g/mol. The molecule has 104 valence electrons. The molecule has 2 amide bonds. The summed E-state index contributed by atoms with van der Waals surface area (Å²) in [5.74, 6) is -1.86. The van der Waals surface area contributed by atoms with Crippen LogP contribution in [0.25, 0.3) is 0 Å². The molecule has 1 saturated heterocycles. The van der Waals surface area contributed by atoms with E-state index in [4.69, 9.17) is 0 Å². The van der Waals surface area contributed by atoms with Crippen molar-refractivity contribution >= 4 is 11.9 Å². The molecule has 0 atom stereocenters. The van der Waals surface area contributed by atoms with Crippen LogP contribution in [-0.2, 0) is 4.79 Å². The van der Waals surface area contributed by atoms with E-state index in [9.17, 15) is 22.8 Å². The molecule has 0 bridgehead atoms. The van der Waals surface area contributed by atoms with Crippen molar-refractivity contribution in [3.63, 3.8) is 0 Å². The van der Waals surface area contributed by atoms with Crippen molar-refractivity contribution in [3.05, 3.63) is 18.7 Å². The van der Waals surface area contributed by atoms with Gasteiger partial charge in [0.15, 0.2) is 0 Å². The van der Waals surface area contributed by atoms with E-state index in [0.717, 1.165) is 0 Å². The fourth-order valence-corrected chi connectivity index (χ4v) is 1.82. The largest absolute Gasteiger partial charge is 0.471 e. The summed E-state index contributed by atoms with van der Waals surface area (Å²) in [6, 6.07) is -0.364. The van der Waals surface area contributed by atoms with Gasteiger partial charge < -0.3 is 9.80 Å². The molecule has 0 unspecified atom stereocenters. The van der Waals surface area contributed by atoms with Crippen LogP contribution in [0.4, 0.5) is 18.0 Å². The van der Waals surface area contributed by atoms with Crippen molar-refractivity contribution in [2.24, 2.45) is 0 Å². The van der Waals surface area contributed by atoms with E-state index >= 15 is 0 Å². The quantitative estimate of drug-likeness (QED) is 0.695. The summed E-state index contributed by atoms with van der Waals surface area (Å²) in [6.45, 7) is -0.116. The summed E-state index contributed by atoms with van der Waals surface area (Å²) in [7, 11) is 0. The molecule has 0 saturated carbocycles. The second-order valence-electron chi connectivity index (χ2n) is 4.03. The lowest BCUT2D eigenvalue weighted by atomic mass is 10.3. The van der Waals surface area contributed by atoms with E-state index in [1.54, 1.807) is 0 Å². The van der Waals surface area contributed by atoms with Gasteiger partial charge in [-0.3, -0.25) is 9.36 Å². The third-order valence-corrected chi connectivity index (χ3v) is 2.81. The van der Waals surface area contributed by atoms with E-state index in [1.165, 1.54) is 28.2 Å². The van der Waals surface area contributed by atoms with Crippen LogP contribution in [0.5, 0.6) is 0 Å². The van der Waals surface area contributed by atoms with Crippen LogP contribution in [0.3, 0.4) is 0 Å². The zero-order valence-electron chi connectivity index (χ0n) is 9.80. The molecule has 9 heteroatoms. The number of hydrogen-bond donors (Lipinski definition) is 0. The number of amides is 2. The third kappa shape index (κ3) is 2.85. The molecule has 1 aliphatic rings. The van der Waals surface area contributed by atoms with Gasteiger partial charge in [-0.05, 0) is 0 Å². The first-order chi connectivity index (χ1) is 8.89. The van der Waals surface area contributed by atoms with Gasteiger partial charge in [0.2, 0.25) is 0 Å². The molecule has 2 heterocycles. The molecular weight excluding hydrogens is 265 g/mol. The summed E-state index contributed by atoms with van der Waals surface area (Å²) in [5, 5.41) is 0. The Morgan fingerprint density at radius 2 is 1.63 bits per heavy atom. The first-order valence-electron chi connectivity index (χ1n) is 5.53. The lowest BCUT2D eigenvalue weighted by molar-refractivity contribution is -0.186. The predicted octanol–water partition coefficient (Wildman–Crippen LogP) is 0.558. The number of nitrogens with zero attached hydrogens (tertiary/aromatic N) is 4. The van der Waals surface area contributed by atoms with E-state index in [-0.39, 0.29) is 32.2 Å². The maximum absolute atomic E-state index is 12.2. The fourth-order valence-electron chi connectivity index (χ4n) is 1.82. The number of aromatic nitrogens is 2. The first kappa shape index (κ1) is 13.4. The number of carbonyl (C=O) groups excluding carboxylic acids is 2. The Morgan fingerprint density at radius 3 is 2.11 bits per heavy atom. The van der Waals surface area contributed by atoms with Crippen LogP contribution in [0.1, 0.15) is 0 Å². The van der Waals surface area contributed by atoms with Crippen molar-refractivity contribution in [1.82, 2.24) is 19.4 Å². The molecule has 2 rings (SSSR count). The molecule has 1 aliphatic heterocycles. The van der Waals surface area contributed by atoms with Gasteiger partial charge in [-0.15, -0.1) is 0 Å². The van der Waals surface area contributed by atoms with Crippen LogP contribution in [0, 0.1) is 0 Å². The molecule has 1 aromatic rings. The smallest absolute Gasteiger partial charge is 0.331 e. The molecule has 0 N–H and O–H groups in total. The highest BCUT2D eigenvalue weighted by Crippen LogP contribution is 2.19. The van der Waals surface area contributed by atoms with Crippen molar-refractivity contribution < 1.29 is 22.8 Å². The molecule has 0 radical (unpaired) electrons. The highest BCUT2D eigenvalue weighted by Gasteiger charge is 2.43. The van der Waals surface area contributed by atoms with Crippen LogP contribution in [0.15, 0.2) is 18.7 Å². The zero-order valence-corrected chi connectivity index (χ0v) is 9.80. The Kier molecular flexibility index (Phi) is 3.45. The molecular formula is C10H11F3N4O2. The summed E-state index contributed by atoms with van der Waals surface area (Å²) in [5.41, 5.74) is 0. The molecule has 19 heavy (non-hydrogen) atoms. The Bertz CT molecular complexity index is 464. The first-order valence-corrected chi connectivity index (χ1v) is 5.53. The second-order valence-corrected chi connectivity index (χ2v) is 4.03. The Balaban J connectivity index is 1.93. The van der Waals surface area contributed by atoms with Crippen LogP contribution in [0.2, 0.25) is 0 Å². The van der Waals surface area contributed by atoms with E-state index in [0.29, 0.717) is 4.90 Å². The molecule has 0 aliphatic carbocycles. The van der Waals surface area contributed by atoms with E-state index in [2.05, 4.69) is 4.98 Å². The van der Waals surface area contributed by atoms with Gasteiger partial charge >= 0.3 is 18.1 Å². The Labute approximate surface area is 106 Å². The fraction of sp³-hybridized carbons (Fsp3) is 0.500. The standard InChI is InChI=1S/C10H11F3N4O2/c11-10(12,13)8(18)15-3-5-16(6-4-15)9(19)17-2-1-14-7-17/h1-2,7H,3-6H2. The van der Waals surface area contributed by atoms with Gasteiger partial charge in [-0.1, -0.05) is 0 Å². The maximum Gasteiger partial charge on any atom is 0.471 e. The Morgan fingerprint density at radius 1 is 1.05 bits per heavy atom. The lowest BCUT2D eigenvalue weighted by Gasteiger charge is -2.34. The SMILES string of the molecule is O=C(N1CCN(C(=O)C(F)(F)F)CC1)n1ccnc1. The minimum atomic E-state index is -4.86. The van der Waals surface area contributed by atoms with Crippen molar-refractivity contribution in [1.29, 1.82) is 0 Å². The predicted molar refractivity (Wildman–Crippen MR) is 57.2 cm³/mol. The number of alkyl halides is 3. The highest BCUT2D eigenvalue weighted by molar-refractivity contribution is 5.82.